The van der Waals surface area contributed by atoms with E-state index in [2.05, 4.69) is 5.32 Å². The normalized spacial score (nSPS) is 10.2. The van der Waals surface area contributed by atoms with Crippen molar-refractivity contribution in [2.75, 3.05) is 19.9 Å². The number of nitrogen functional groups attached to an aromatic ring is 1. The van der Waals surface area contributed by atoms with Crippen LogP contribution in [0.15, 0.2) is 42.5 Å². The first-order valence-corrected chi connectivity index (χ1v) is 6.51. The average Bonchev–Trinajstić information content (AvgIpc) is 2.49. The summed E-state index contributed by atoms with van der Waals surface area (Å²) in [5, 5.41) is 2.55. The van der Waals surface area contributed by atoms with Gasteiger partial charge in [-0.1, -0.05) is 12.1 Å². The molecule has 5 heteroatoms. The molecule has 0 heterocycles. The highest BCUT2D eigenvalue weighted by Crippen LogP contribution is 2.28. The summed E-state index contributed by atoms with van der Waals surface area (Å²) in [6.45, 7) is 0.516. The molecule has 5 nitrogen and oxygen atoms in total. The molecule has 0 saturated heterocycles. The Labute approximate surface area is 123 Å². The molecular formula is C16H18N2O3. The van der Waals surface area contributed by atoms with Gasteiger partial charge in [0.2, 0.25) is 0 Å². The van der Waals surface area contributed by atoms with Crippen LogP contribution in [0.4, 0.5) is 5.69 Å². The van der Waals surface area contributed by atoms with Crippen molar-refractivity contribution < 1.29 is 14.3 Å². The fourth-order valence-electron chi connectivity index (χ4n) is 1.92. The zero-order chi connectivity index (χ0) is 15.2. The van der Waals surface area contributed by atoms with Crippen LogP contribution in [0.25, 0.3) is 0 Å². The zero-order valence-electron chi connectivity index (χ0n) is 12.1. The summed E-state index contributed by atoms with van der Waals surface area (Å²) >= 11 is 0. The van der Waals surface area contributed by atoms with Crippen molar-refractivity contribution in [2.24, 2.45) is 0 Å². The van der Waals surface area contributed by atoms with E-state index >= 15 is 0 Å². The van der Waals surface area contributed by atoms with E-state index in [9.17, 15) is 4.79 Å². The molecule has 21 heavy (non-hydrogen) atoms. The molecule has 3 N–H and O–H groups in total. The van der Waals surface area contributed by atoms with Crippen LogP contribution in [-0.2, 0) is 11.3 Å². The third kappa shape index (κ3) is 3.73. The minimum absolute atomic E-state index is 0.185. The number of anilines is 1. The van der Waals surface area contributed by atoms with Crippen LogP contribution >= 0.6 is 0 Å². The summed E-state index contributed by atoms with van der Waals surface area (Å²) in [5.41, 5.74) is 7.84. The standard InChI is InChI=1S/C16H18N2O3/c1-18-16(19)12-6-7-15(14(17)9-12)21-13-5-3-4-11(8-13)10-20-2/h3-9H,10,17H2,1-2H3,(H,18,19). The second kappa shape index (κ2) is 6.76. The number of nitrogens with two attached hydrogens (primary N) is 1. The van der Waals surface area contributed by atoms with Gasteiger partial charge in [0.25, 0.3) is 5.91 Å². The molecule has 0 saturated carbocycles. The molecule has 0 radical (unpaired) electrons. The van der Waals surface area contributed by atoms with Crippen LogP contribution < -0.4 is 15.8 Å². The van der Waals surface area contributed by atoms with Crippen molar-refractivity contribution in [1.82, 2.24) is 5.32 Å². The van der Waals surface area contributed by atoms with Crippen molar-refractivity contribution in [3.05, 3.63) is 53.6 Å². The number of hydrogen-bond acceptors (Lipinski definition) is 4. The molecule has 0 unspecified atom stereocenters. The molecule has 2 aromatic rings. The van der Waals surface area contributed by atoms with Gasteiger partial charge in [-0.05, 0) is 35.9 Å². The maximum atomic E-state index is 11.5. The Morgan fingerprint density at radius 2 is 2.05 bits per heavy atom. The summed E-state index contributed by atoms with van der Waals surface area (Å²) in [6.07, 6.45) is 0. The quantitative estimate of drug-likeness (QED) is 0.828. The van der Waals surface area contributed by atoms with Gasteiger partial charge in [0, 0.05) is 19.7 Å². The molecule has 110 valence electrons. The third-order valence-electron chi connectivity index (χ3n) is 2.94. The lowest BCUT2D eigenvalue weighted by Gasteiger charge is -2.10. The van der Waals surface area contributed by atoms with E-state index < -0.39 is 0 Å². The van der Waals surface area contributed by atoms with Crippen LogP contribution in [-0.4, -0.2) is 20.1 Å². The van der Waals surface area contributed by atoms with Crippen molar-refractivity contribution in [3.63, 3.8) is 0 Å². The van der Waals surface area contributed by atoms with E-state index in [1.54, 1.807) is 32.4 Å². The Bertz CT molecular complexity index is 641. The average molecular weight is 286 g/mol. The summed E-state index contributed by atoms with van der Waals surface area (Å²) in [7, 11) is 3.22. The van der Waals surface area contributed by atoms with Crippen molar-refractivity contribution >= 4 is 11.6 Å². The van der Waals surface area contributed by atoms with E-state index in [4.69, 9.17) is 15.2 Å². The molecular weight excluding hydrogens is 268 g/mol. The van der Waals surface area contributed by atoms with E-state index in [0.717, 1.165) is 5.56 Å². The molecule has 0 spiro atoms. The van der Waals surface area contributed by atoms with Gasteiger partial charge in [-0.2, -0.15) is 0 Å². The number of carbonyl (C=O) groups is 1. The van der Waals surface area contributed by atoms with E-state index in [1.807, 2.05) is 24.3 Å². The smallest absolute Gasteiger partial charge is 0.251 e. The Kier molecular flexibility index (Phi) is 4.79. The predicted molar refractivity (Wildman–Crippen MR) is 81.5 cm³/mol. The minimum atomic E-state index is -0.185. The molecule has 2 aromatic carbocycles. The number of ether oxygens (including phenoxy) is 2. The molecule has 0 aliphatic rings. The fourth-order valence-corrected chi connectivity index (χ4v) is 1.92. The highest BCUT2D eigenvalue weighted by atomic mass is 16.5. The number of carbonyl (C=O) groups excluding carboxylic acids is 1. The van der Waals surface area contributed by atoms with E-state index in [0.29, 0.717) is 29.4 Å². The molecule has 0 bridgehead atoms. The SMILES string of the molecule is CNC(=O)c1ccc(Oc2cccc(COC)c2)c(N)c1. The van der Waals surface area contributed by atoms with Crippen LogP contribution in [0.5, 0.6) is 11.5 Å². The van der Waals surface area contributed by atoms with E-state index in [1.165, 1.54) is 0 Å². The Morgan fingerprint density at radius 3 is 2.71 bits per heavy atom. The summed E-state index contributed by atoms with van der Waals surface area (Å²) in [4.78, 5) is 11.5. The molecule has 0 atom stereocenters. The van der Waals surface area contributed by atoms with Gasteiger partial charge in [-0.3, -0.25) is 4.79 Å². The monoisotopic (exact) mass is 286 g/mol. The first-order chi connectivity index (χ1) is 10.1. The van der Waals surface area contributed by atoms with Gasteiger partial charge in [-0.25, -0.2) is 0 Å². The fraction of sp³-hybridized carbons (Fsp3) is 0.188. The van der Waals surface area contributed by atoms with Crippen LogP contribution in [0.3, 0.4) is 0 Å². The van der Waals surface area contributed by atoms with Gasteiger partial charge in [0.15, 0.2) is 0 Å². The maximum Gasteiger partial charge on any atom is 0.251 e. The van der Waals surface area contributed by atoms with Gasteiger partial charge in [0.05, 0.1) is 12.3 Å². The van der Waals surface area contributed by atoms with Crippen molar-refractivity contribution in [1.29, 1.82) is 0 Å². The highest BCUT2D eigenvalue weighted by molar-refractivity contribution is 5.95. The molecule has 0 aliphatic carbocycles. The molecule has 0 fully saturated rings. The van der Waals surface area contributed by atoms with Crippen LogP contribution in [0.1, 0.15) is 15.9 Å². The summed E-state index contributed by atoms with van der Waals surface area (Å²) in [6, 6.07) is 12.5. The van der Waals surface area contributed by atoms with E-state index in [-0.39, 0.29) is 5.91 Å². The van der Waals surface area contributed by atoms with Gasteiger partial charge >= 0.3 is 0 Å². The largest absolute Gasteiger partial charge is 0.455 e. The van der Waals surface area contributed by atoms with Gasteiger partial charge in [0.1, 0.15) is 11.5 Å². The zero-order valence-corrected chi connectivity index (χ0v) is 12.1. The summed E-state index contributed by atoms with van der Waals surface area (Å²) in [5.74, 6) is 0.997. The lowest BCUT2D eigenvalue weighted by Crippen LogP contribution is -2.17. The second-order valence-electron chi connectivity index (χ2n) is 4.51. The number of benzene rings is 2. The minimum Gasteiger partial charge on any atom is -0.455 e. The Morgan fingerprint density at radius 1 is 1.24 bits per heavy atom. The predicted octanol–water partition coefficient (Wildman–Crippen LogP) is 2.57. The lowest BCUT2D eigenvalue weighted by atomic mass is 10.1. The number of hydrogen-bond donors (Lipinski definition) is 2. The lowest BCUT2D eigenvalue weighted by molar-refractivity contribution is 0.0963. The number of methoxy groups -OCH3 is 1. The van der Waals surface area contributed by atoms with Crippen LogP contribution in [0.2, 0.25) is 0 Å². The van der Waals surface area contributed by atoms with Gasteiger partial charge < -0.3 is 20.5 Å². The Balaban J connectivity index is 2.19. The molecule has 0 aliphatic heterocycles. The number of rotatable bonds is 5. The Hall–Kier alpha value is -2.53. The third-order valence-corrected chi connectivity index (χ3v) is 2.94. The second-order valence-corrected chi connectivity index (χ2v) is 4.51. The first kappa shape index (κ1) is 14.9. The molecule has 0 aromatic heterocycles. The molecule has 2 rings (SSSR count). The first-order valence-electron chi connectivity index (χ1n) is 6.51. The van der Waals surface area contributed by atoms with Gasteiger partial charge in [-0.15, -0.1) is 0 Å². The highest BCUT2D eigenvalue weighted by Gasteiger charge is 2.08. The topological polar surface area (TPSA) is 73.6 Å². The molecule has 1 amide bonds. The maximum absolute atomic E-state index is 11.5. The van der Waals surface area contributed by atoms with Crippen molar-refractivity contribution in [2.45, 2.75) is 6.61 Å². The van der Waals surface area contributed by atoms with Crippen LogP contribution in [0, 0.1) is 0 Å². The number of nitrogens with one attached hydrogen (secondary N) is 1. The van der Waals surface area contributed by atoms with Crippen molar-refractivity contribution in [3.8, 4) is 11.5 Å². The number of amides is 1. The summed E-state index contributed by atoms with van der Waals surface area (Å²) < 4.78 is 10.8.